The summed E-state index contributed by atoms with van der Waals surface area (Å²) in [6, 6.07) is 13.7. The summed E-state index contributed by atoms with van der Waals surface area (Å²) in [6.45, 7) is 1.77. The molecule has 0 spiro atoms. The van der Waals surface area contributed by atoms with Crippen LogP contribution in [-0.2, 0) is 6.42 Å². The number of rotatable bonds is 6. The quantitative estimate of drug-likeness (QED) is 0.860. The zero-order chi connectivity index (χ0) is 15.9. The van der Waals surface area contributed by atoms with Crippen molar-refractivity contribution in [3.63, 3.8) is 0 Å². The standard InChI is InChI=1S/C17H22N2O2S/c1-13(12-20)19(2)17(21)18-15(16-9-6-10-22-16)11-14-7-4-3-5-8-14/h3-10,13,15,20H,11-12H2,1-2H3,(H,18,21). The fourth-order valence-electron chi connectivity index (χ4n) is 2.14. The van der Waals surface area contributed by atoms with E-state index in [1.165, 1.54) is 10.5 Å². The number of carbonyl (C=O) groups excluding carboxylic acids is 1. The van der Waals surface area contributed by atoms with E-state index < -0.39 is 0 Å². The van der Waals surface area contributed by atoms with Crippen LogP contribution in [0.5, 0.6) is 0 Å². The van der Waals surface area contributed by atoms with Gasteiger partial charge in [0.05, 0.1) is 18.7 Å². The molecule has 2 aromatic rings. The van der Waals surface area contributed by atoms with Crippen LogP contribution in [0.4, 0.5) is 4.79 Å². The molecule has 2 unspecified atom stereocenters. The van der Waals surface area contributed by atoms with E-state index in [4.69, 9.17) is 0 Å². The lowest BCUT2D eigenvalue weighted by Crippen LogP contribution is -2.45. The van der Waals surface area contributed by atoms with Gasteiger partial charge >= 0.3 is 6.03 Å². The SMILES string of the molecule is CC(CO)N(C)C(=O)NC(Cc1ccccc1)c1cccs1. The van der Waals surface area contributed by atoms with Crippen LogP contribution < -0.4 is 5.32 Å². The van der Waals surface area contributed by atoms with Crippen LogP contribution in [0.1, 0.15) is 23.4 Å². The minimum absolute atomic E-state index is 0.0493. The molecule has 0 radical (unpaired) electrons. The van der Waals surface area contributed by atoms with Crippen molar-refractivity contribution in [2.24, 2.45) is 0 Å². The van der Waals surface area contributed by atoms with E-state index in [2.05, 4.69) is 17.4 Å². The molecule has 2 amide bonds. The van der Waals surface area contributed by atoms with Crippen molar-refractivity contribution in [1.29, 1.82) is 0 Å². The number of hydrogen-bond donors (Lipinski definition) is 2. The smallest absolute Gasteiger partial charge is 0.317 e. The first kappa shape index (κ1) is 16.5. The summed E-state index contributed by atoms with van der Waals surface area (Å²) in [7, 11) is 1.70. The molecular weight excluding hydrogens is 296 g/mol. The summed E-state index contributed by atoms with van der Waals surface area (Å²) in [5, 5.41) is 14.3. The summed E-state index contributed by atoms with van der Waals surface area (Å²) in [6.07, 6.45) is 0.744. The van der Waals surface area contributed by atoms with E-state index >= 15 is 0 Å². The fourth-order valence-corrected chi connectivity index (χ4v) is 2.91. The Balaban J connectivity index is 2.10. The highest BCUT2D eigenvalue weighted by Gasteiger charge is 2.20. The summed E-state index contributed by atoms with van der Waals surface area (Å²) < 4.78 is 0. The molecule has 1 aromatic carbocycles. The maximum atomic E-state index is 12.3. The Labute approximate surface area is 135 Å². The predicted octanol–water partition coefficient (Wildman–Crippen LogP) is 3.05. The molecular formula is C17H22N2O2S. The summed E-state index contributed by atoms with van der Waals surface area (Å²) in [4.78, 5) is 15.0. The van der Waals surface area contributed by atoms with E-state index in [1.807, 2.05) is 42.6 Å². The predicted molar refractivity (Wildman–Crippen MR) is 90.0 cm³/mol. The molecule has 1 aromatic heterocycles. The highest BCUT2D eigenvalue weighted by Crippen LogP contribution is 2.23. The van der Waals surface area contributed by atoms with E-state index in [9.17, 15) is 9.90 Å². The third-order valence-corrected chi connectivity index (χ3v) is 4.70. The monoisotopic (exact) mass is 318 g/mol. The van der Waals surface area contributed by atoms with Gasteiger partial charge in [-0.25, -0.2) is 4.79 Å². The number of likely N-dealkylation sites (N-methyl/N-ethyl adjacent to an activating group) is 1. The van der Waals surface area contributed by atoms with Crippen LogP contribution in [0.2, 0.25) is 0 Å². The number of benzene rings is 1. The van der Waals surface area contributed by atoms with Crippen LogP contribution in [0.25, 0.3) is 0 Å². The zero-order valence-electron chi connectivity index (χ0n) is 12.9. The van der Waals surface area contributed by atoms with Gasteiger partial charge in [0, 0.05) is 11.9 Å². The van der Waals surface area contributed by atoms with Gasteiger partial charge in [-0.1, -0.05) is 36.4 Å². The second-order valence-electron chi connectivity index (χ2n) is 5.35. The first-order chi connectivity index (χ1) is 10.6. The summed E-state index contributed by atoms with van der Waals surface area (Å²) >= 11 is 1.64. The maximum absolute atomic E-state index is 12.3. The van der Waals surface area contributed by atoms with Crippen molar-refractivity contribution >= 4 is 17.4 Å². The van der Waals surface area contributed by atoms with Crippen LogP contribution in [0.15, 0.2) is 47.8 Å². The van der Waals surface area contributed by atoms with Crippen molar-refractivity contribution in [3.8, 4) is 0 Å². The molecule has 0 saturated heterocycles. The molecule has 0 bridgehead atoms. The van der Waals surface area contributed by atoms with E-state index in [0.29, 0.717) is 0 Å². The van der Waals surface area contributed by atoms with Crippen molar-refractivity contribution in [3.05, 3.63) is 58.3 Å². The number of hydrogen-bond acceptors (Lipinski definition) is 3. The Morgan fingerprint density at radius 2 is 2.00 bits per heavy atom. The molecule has 22 heavy (non-hydrogen) atoms. The van der Waals surface area contributed by atoms with Crippen molar-refractivity contribution in [2.45, 2.75) is 25.4 Å². The summed E-state index contributed by atoms with van der Waals surface area (Å²) in [5.41, 5.74) is 1.18. The van der Waals surface area contributed by atoms with Gasteiger partial charge in [0.2, 0.25) is 0 Å². The van der Waals surface area contributed by atoms with Gasteiger partial charge < -0.3 is 15.3 Å². The fraction of sp³-hybridized carbons (Fsp3) is 0.353. The molecule has 2 rings (SSSR count). The Hall–Kier alpha value is -1.85. The normalized spacial score (nSPS) is 13.4. The number of aliphatic hydroxyl groups excluding tert-OH is 1. The molecule has 0 aliphatic carbocycles. The Morgan fingerprint density at radius 3 is 2.59 bits per heavy atom. The third kappa shape index (κ3) is 4.32. The molecule has 4 nitrogen and oxygen atoms in total. The second kappa shape index (κ2) is 7.96. The summed E-state index contributed by atoms with van der Waals surface area (Å²) in [5.74, 6) is 0. The highest BCUT2D eigenvalue weighted by molar-refractivity contribution is 7.10. The van der Waals surface area contributed by atoms with Gasteiger partial charge in [-0.2, -0.15) is 0 Å². The number of aliphatic hydroxyl groups is 1. The first-order valence-corrected chi connectivity index (χ1v) is 8.21. The van der Waals surface area contributed by atoms with Crippen LogP contribution >= 0.6 is 11.3 Å². The largest absolute Gasteiger partial charge is 0.394 e. The molecule has 1 heterocycles. The van der Waals surface area contributed by atoms with Gasteiger partial charge in [0.15, 0.2) is 0 Å². The lowest BCUT2D eigenvalue weighted by molar-refractivity contribution is 0.155. The second-order valence-corrected chi connectivity index (χ2v) is 6.33. The Bertz CT molecular complexity index is 572. The molecule has 5 heteroatoms. The first-order valence-electron chi connectivity index (χ1n) is 7.33. The topological polar surface area (TPSA) is 52.6 Å². The van der Waals surface area contributed by atoms with Gasteiger partial charge in [0.1, 0.15) is 0 Å². The molecule has 0 aliphatic rings. The minimum Gasteiger partial charge on any atom is -0.394 e. The van der Waals surface area contributed by atoms with Crippen LogP contribution in [-0.4, -0.2) is 35.7 Å². The number of nitrogens with one attached hydrogen (secondary N) is 1. The maximum Gasteiger partial charge on any atom is 0.317 e. The van der Waals surface area contributed by atoms with E-state index in [1.54, 1.807) is 18.4 Å². The zero-order valence-corrected chi connectivity index (χ0v) is 13.7. The lowest BCUT2D eigenvalue weighted by Gasteiger charge is -2.26. The highest BCUT2D eigenvalue weighted by atomic mass is 32.1. The third-order valence-electron chi connectivity index (χ3n) is 3.71. The van der Waals surface area contributed by atoms with Crippen molar-refractivity contribution in [1.82, 2.24) is 10.2 Å². The minimum atomic E-state index is -0.208. The Morgan fingerprint density at radius 1 is 1.27 bits per heavy atom. The van der Waals surface area contributed by atoms with Gasteiger partial charge in [-0.15, -0.1) is 11.3 Å². The number of thiophene rings is 1. The lowest BCUT2D eigenvalue weighted by atomic mass is 10.0. The van der Waals surface area contributed by atoms with E-state index in [0.717, 1.165) is 11.3 Å². The number of amides is 2. The van der Waals surface area contributed by atoms with Crippen LogP contribution in [0.3, 0.4) is 0 Å². The Kier molecular flexibility index (Phi) is 5.98. The molecule has 2 N–H and O–H groups in total. The number of carbonyl (C=O) groups is 1. The van der Waals surface area contributed by atoms with Gasteiger partial charge in [-0.05, 0) is 30.4 Å². The molecule has 0 saturated carbocycles. The molecule has 118 valence electrons. The number of urea groups is 1. The van der Waals surface area contributed by atoms with Crippen molar-refractivity contribution in [2.75, 3.05) is 13.7 Å². The molecule has 0 aliphatic heterocycles. The van der Waals surface area contributed by atoms with E-state index in [-0.39, 0.29) is 24.7 Å². The van der Waals surface area contributed by atoms with Gasteiger partial charge in [-0.3, -0.25) is 0 Å². The van der Waals surface area contributed by atoms with Crippen molar-refractivity contribution < 1.29 is 9.90 Å². The molecule has 0 fully saturated rings. The average molecular weight is 318 g/mol. The van der Waals surface area contributed by atoms with Gasteiger partial charge in [0.25, 0.3) is 0 Å². The average Bonchev–Trinajstić information content (AvgIpc) is 3.08. The van der Waals surface area contributed by atoms with Crippen LogP contribution in [0, 0.1) is 0 Å². The molecule has 2 atom stereocenters. The number of nitrogens with zero attached hydrogens (tertiary/aromatic N) is 1.